The average Bonchev–Trinajstić information content (AvgIpc) is 3.21. The highest BCUT2D eigenvalue weighted by molar-refractivity contribution is 6.00. The Hall–Kier alpha value is -4.44. The molecular formula is C32H28N2O2. The lowest BCUT2D eigenvalue weighted by atomic mass is 9.78. The van der Waals surface area contributed by atoms with Gasteiger partial charge in [-0.2, -0.15) is 0 Å². The van der Waals surface area contributed by atoms with Crippen molar-refractivity contribution in [3.8, 4) is 0 Å². The van der Waals surface area contributed by atoms with Crippen LogP contribution in [0.1, 0.15) is 28.3 Å². The molecule has 0 N–H and O–H groups in total. The third-order valence-electron chi connectivity index (χ3n) is 6.84. The number of hydrogen-bond acceptors (Lipinski definition) is 3. The van der Waals surface area contributed by atoms with E-state index in [4.69, 9.17) is 0 Å². The number of nitrogens with zero attached hydrogens (tertiary/aromatic N) is 2. The highest BCUT2D eigenvalue weighted by Gasteiger charge is 2.62. The third kappa shape index (κ3) is 3.91. The van der Waals surface area contributed by atoms with Crippen molar-refractivity contribution in [2.24, 2.45) is 0 Å². The first-order chi connectivity index (χ1) is 17.7. The van der Waals surface area contributed by atoms with Crippen molar-refractivity contribution in [1.29, 1.82) is 0 Å². The topological polar surface area (TPSA) is 46.4 Å². The van der Waals surface area contributed by atoms with E-state index in [1.807, 2.05) is 132 Å². The molecule has 1 heterocycles. The molecule has 0 aliphatic carbocycles. The van der Waals surface area contributed by atoms with Crippen molar-refractivity contribution in [1.82, 2.24) is 4.90 Å². The second kappa shape index (κ2) is 10.0. The average molecular weight is 473 g/mol. The molecule has 4 nitrogen and oxygen atoms in total. The molecule has 36 heavy (non-hydrogen) atoms. The molecule has 1 aliphatic rings. The molecule has 4 heteroatoms. The summed E-state index contributed by atoms with van der Waals surface area (Å²) in [6.07, 6.45) is 1.83. The third-order valence-corrected chi connectivity index (χ3v) is 6.84. The number of amidine groups is 1. The van der Waals surface area contributed by atoms with E-state index < -0.39 is 17.6 Å². The number of carbonyl (C=O) groups is 1. The summed E-state index contributed by atoms with van der Waals surface area (Å²) < 4.78 is 2.16. The molecule has 2 atom stereocenters. The van der Waals surface area contributed by atoms with E-state index in [2.05, 4.69) is 11.2 Å². The molecule has 1 aliphatic heterocycles. The van der Waals surface area contributed by atoms with Crippen LogP contribution in [0.15, 0.2) is 134 Å². The number of carboxylic acids is 1. The quantitative estimate of drug-likeness (QED) is 0.280. The van der Waals surface area contributed by atoms with Gasteiger partial charge in [-0.05, 0) is 17.7 Å². The van der Waals surface area contributed by atoms with Gasteiger partial charge in [-0.25, -0.2) is 9.48 Å². The van der Waals surface area contributed by atoms with Gasteiger partial charge in [-0.3, -0.25) is 0 Å². The van der Waals surface area contributed by atoms with Crippen LogP contribution in [0.25, 0.3) is 0 Å². The van der Waals surface area contributed by atoms with Gasteiger partial charge in [0.05, 0.1) is 11.5 Å². The first-order valence-corrected chi connectivity index (χ1v) is 12.1. The van der Waals surface area contributed by atoms with Gasteiger partial charge >= 0.3 is 0 Å². The van der Waals surface area contributed by atoms with Gasteiger partial charge in [0.15, 0.2) is 6.04 Å². The van der Waals surface area contributed by atoms with Crippen molar-refractivity contribution in [2.75, 3.05) is 6.54 Å². The van der Waals surface area contributed by atoms with E-state index in [9.17, 15) is 9.90 Å². The molecule has 0 radical (unpaired) electrons. The Morgan fingerprint density at radius 1 is 0.833 bits per heavy atom. The molecule has 4 aromatic rings. The second-order valence-corrected chi connectivity index (χ2v) is 8.94. The van der Waals surface area contributed by atoms with Crippen molar-refractivity contribution < 1.29 is 14.5 Å². The molecule has 5 rings (SSSR count). The summed E-state index contributed by atoms with van der Waals surface area (Å²) in [5, 5.41) is 13.6. The monoisotopic (exact) mass is 472 g/mol. The fourth-order valence-electron chi connectivity index (χ4n) is 5.43. The Morgan fingerprint density at radius 3 is 1.92 bits per heavy atom. The Bertz CT molecular complexity index is 1370. The van der Waals surface area contributed by atoms with Gasteiger partial charge in [-0.1, -0.05) is 122 Å². The van der Waals surface area contributed by atoms with Crippen LogP contribution in [0, 0.1) is 0 Å². The summed E-state index contributed by atoms with van der Waals surface area (Å²) in [4.78, 5) is 15.6. The van der Waals surface area contributed by atoms with Crippen molar-refractivity contribution in [3.05, 3.63) is 156 Å². The minimum Gasteiger partial charge on any atom is -0.545 e. The summed E-state index contributed by atoms with van der Waals surface area (Å²) in [6.45, 7) is 4.88. The van der Waals surface area contributed by atoms with Gasteiger partial charge in [0.1, 0.15) is 13.1 Å². The van der Waals surface area contributed by atoms with Crippen LogP contribution < -0.4 is 5.11 Å². The number of benzene rings is 4. The number of aliphatic carboxylic acids is 1. The SMILES string of the molecule is C=CC[N+]1=C(c2ccccc2)N(Cc2ccccc2)C(C(=O)[O-])(c2ccccc2)C1c1ccccc1. The van der Waals surface area contributed by atoms with Crippen LogP contribution in [0.3, 0.4) is 0 Å². The minimum atomic E-state index is -1.49. The number of carboxylic acid groups (broad SMARTS) is 1. The minimum absolute atomic E-state index is 0.394. The van der Waals surface area contributed by atoms with E-state index in [1.54, 1.807) is 0 Å². The Labute approximate surface area is 212 Å². The summed E-state index contributed by atoms with van der Waals surface area (Å²) in [6, 6.07) is 38.7. The van der Waals surface area contributed by atoms with Gasteiger partial charge < -0.3 is 9.90 Å². The molecule has 2 unspecified atom stereocenters. The first-order valence-electron chi connectivity index (χ1n) is 12.1. The molecule has 178 valence electrons. The predicted molar refractivity (Wildman–Crippen MR) is 140 cm³/mol. The second-order valence-electron chi connectivity index (χ2n) is 8.94. The van der Waals surface area contributed by atoms with Gasteiger partial charge in [-0.15, -0.1) is 0 Å². The summed E-state index contributed by atoms with van der Waals surface area (Å²) >= 11 is 0. The Morgan fingerprint density at radius 2 is 1.36 bits per heavy atom. The van der Waals surface area contributed by atoms with Crippen LogP contribution in [-0.2, 0) is 16.9 Å². The predicted octanol–water partition coefficient (Wildman–Crippen LogP) is 4.53. The largest absolute Gasteiger partial charge is 0.545 e. The van der Waals surface area contributed by atoms with E-state index in [-0.39, 0.29) is 0 Å². The fourth-order valence-corrected chi connectivity index (χ4v) is 5.43. The molecule has 0 fully saturated rings. The first kappa shape index (κ1) is 23.3. The summed E-state index contributed by atoms with van der Waals surface area (Å²) in [5.74, 6) is -0.306. The molecule has 0 spiro atoms. The van der Waals surface area contributed by atoms with Gasteiger partial charge in [0.2, 0.25) is 5.54 Å². The maximum atomic E-state index is 13.6. The van der Waals surface area contributed by atoms with E-state index >= 15 is 0 Å². The molecule has 4 aromatic carbocycles. The Kier molecular flexibility index (Phi) is 6.50. The highest BCUT2D eigenvalue weighted by atomic mass is 16.4. The number of rotatable bonds is 8. The number of hydrogen-bond donors (Lipinski definition) is 0. The lowest BCUT2D eigenvalue weighted by molar-refractivity contribution is -0.563. The normalized spacial score (nSPS) is 19.3. The van der Waals surface area contributed by atoms with Gasteiger partial charge in [0, 0.05) is 11.1 Å². The van der Waals surface area contributed by atoms with Crippen LogP contribution in [0.2, 0.25) is 0 Å². The maximum absolute atomic E-state index is 13.6. The summed E-state index contributed by atoms with van der Waals surface area (Å²) in [5.41, 5.74) is 2.04. The zero-order chi connectivity index (χ0) is 25.0. The standard InChI is InChI=1S/C32H28N2O2/c1-2-23-33-29(26-17-9-4-10-18-26)32(31(35)36,28-21-13-6-14-22-28)34(24-25-15-7-3-8-16-25)30(33)27-19-11-5-12-20-27/h2-22,29H,1,23-24H2. The molecule has 0 saturated heterocycles. The molecule has 0 saturated carbocycles. The molecular weight excluding hydrogens is 444 g/mol. The van der Waals surface area contributed by atoms with Gasteiger partial charge in [0.25, 0.3) is 5.84 Å². The van der Waals surface area contributed by atoms with Crippen molar-refractivity contribution in [3.63, 3.8) is 0 Å². The molecule has 0 bridgehead atoms. The number of carbonyl (C=O) groups excluding carboxylic acids is 1. The lowest BCUT2D eigenvalue weighted by Crippen LogP contribution is -2.59. The highest BCUT2D eigenvalue weighted by Crippen LogP contribution is 2.48. The van der Waals surface area contributed by atoms with Crippen molar-refractivity contribution >= 4 is 11.8 Å². The Balaban J connectivity index is 1.88. The maximum Gasteiger partial charge on any atom is 0.281 e. The van der Waals surface area contributed by atoms with E-state index in [0.717, 1.165) is 22.5 Å². The smallest absolute Gasteiger partial charge is 0.281 e. The lowest BCUT2D eigenvalue weighted by Gasteiger charge is -2.39. The van der Waals surface area contributed by atoms with Crippen LogP contribution >= 0.6 is 0 Å². The molecule has 0 aromatic heterocycles. The zero-order valence-corrected chi connectivity index (χ0v) is 20.0. The van der Waals surface area contributed by atoms with Crippen molar-refractivity contribution in [2.45, 2.75) is 18.1 Å². The molecule has 0 amide bonds. The van der Waals surface area contributed by atoms with E-state index in [0.29, 0.717) is 18.7 Å². The van der Waals surface area contributed by atoms with Crippen LogP contribution in [-0.4, -0.2) is 27.8 Å². The fraction of sp³-hybridized carbons (Fsp3) is 0.125. The van der Waals surface area contributed by atoms with Crippen LogP contribution in [0.5, 0.6) is 0 Å². The van der Waals surface area contributed by atoms with Crippen LogP contribution in [0.4, 0.5) is 0 Å². The zero-order valence-electron chi connectivity index (χ0n) is 20.0. The summed E-state index contributed by atoms with van der Waals surface area (Å²) in [7, 11) is 0. The van der Waals surface area contributed by atoms with E-state index in [1.165, 1.54) is 0 Å².